The van der Waals surface area contributed by atoms with Crippen molar-refractivity contribution < 1.29 is 4.42 Å². The molecular formula is C11H17N5OS. The molecule has 0 aromatic carbocycles. The normalized spacial score (nSPS) is 13.8. The first-order valence-corrected chi connectivity index (χ1v) is 6.54. The van der Waals surface area contributed by atoms with Crippen molar-refractivity contribution in [3.63, 3.8) is 0 Å². The van der Waals surface area contributed by atoms with Gasteiger partial charge in [-0.15, -0.1) is 10.2 Å². The average molecular weight is 267 g/mol. The summed E-state index contributed by atoms with van der Waals surface area (Å²) in [5, 5.41) is 8.32. The van der Waals surface area contributed by atoms with Gasteiger partial charge in [-0.2, -0.15) is 0 Å². The van der Waals surface area contributed by atoms with Crippen LogP contribution in [0.1, 0.15) is 44.6 Å². The molecule has 2 rings (SSSR count). The topological polar surface area (TPSA) is 82.8 Å². The minimum atomic E-state index is -0.0382. The highest BCUT2D eigenvalue weighted by Crippen LogP contribution is 2.34. The first-order valence-electron chi connectivity index (χ1n) is 5.66. The second-order valence-electron chi connectivity index (χ2n) is 5.09. The van der Waals surface area contributed by atoms with E-state index in [-0.39, 0.29) is 10.7 Å². The number of oxazole rings is 1. The van der Waals surface area contributed by atoms with Crippen LogP contribution in [0, 0.1) is 0 Å². The van der Waals surface area contributed by atoms with Crippen LogP contribution in [-0.4, -0.2) is 19.9 Å². The van der Waals surface area contributed by atoms with E-state index in [1.54, 1.807) is 6.20 Å². The van der Waals surface area contributed by atoms with E-state index in [4.69, 9.17) is 10.3 Å². The maximum atomic E-state index is 5.77. The Labute approximate surface area is 110 Å². The van der Waals surface area contributed by atoms with E-state index >= 15 is 0 Å². The summed E-state index contributed by atoms with van der Waals surface area (Å²) in [5.74, 6) is 7.21. The third-order valence-electron chi connectivity index (χ3n) is 2.43. The van der Waals surface area contributed by atoms with Gasteiger partial charge in [0, 0.05) is 5.41 Å². The van der Waals surface area contributed by atoms with E-state index in [2.05, 4.69) is 36.0 Å². The fraction of sp³-hybridized carbons (Fsp3) is 0.545. The average Bonchev–Trinajstić information content (AvgIpc) is 2.87. The largest absolute Gasteiger partial charge is 0.444 e. The van der Waals surface area contributed by atoms with Crippen molar-refractivity contribution in [2.75, 3.05) is 5.84 Å². The van der Waals surface area contributed by atoms with Crippen LogP contribution in [0.4, 0.5) is 0 Å². The summed E-state index contributed by atoms with van der Waals surface area (Å²) in [7, 11) is 0. The zero-order chi connectivity index (χ0) is 13.3. The lowest BCUT2D eigenvalue weighted by Gasteiger charge is -2.13. The lowest BCUT2D eigenvalue weighted by atomic mass is 9.94. The van der Waals surface area contributed by atoms with Crippen LogP contribution in [0.15, 0.2) is 22.1 Å². The molecule has 0 bridgehead atoms. The summed E-state index contributed by atoms with van der Waals surface area (Å²) in [4.78, 5) is 4.31. The smallest absolute Gasteiger partial charge is 0.210 e. The Hall–Kier alpha value is -1.50. The monoisotopic (exact) mass is 267 g/mol. The quantitative estimate of drug-likeness (QED) is 0.677. The molecule has 0 saturated carbocycles. The zero-order valence-corrected chi connectivity index (χ0v) is 11.7. The Balaban J connectivity index is 2.12. The van der Waals surface area contributed by atoms with Gasteiger partial charge < -0.3 is 10.3 Å². The van der Waals surface area contributed by atoms with Crippen LogP contribution in [0.25, 0.3) is 0 Å². The van der Waals surface area contributed by atoms with E-state index < -0.39 is 0 Å². The first-order chi connectivity index (χ1) is 8.38. The van der Waals surface area contributed by atoms with E-state index in [1.165, 1.54) is 22.8 Å². The SMILES string of the molecule is C[C@@H](Sc1nncn1N)c1ncc(C(C)(C)C)o1. The van der Waals surface area contributed by atoms with Crippen molar-refractivity contribution in [3.05, 3.63) is 24.2 Å². The number of nitrogens with two attached hydrogens (primary N) is 1. The van der Waals surface area contributed by atoms with Gasteiger partial charge in [0.25, 0.3) is 0 Å². The van der Waals surface area contributed by atoms with Crippen molar-refractivity contribution >= 4 is 11.8 Å². The molecule has 0 aliphatic carbocycles. The van der Waals surface area contributed by atoms with Crippen LogP contribution < -0.4 is 5.84 Å². The molecule has 6 nitrogen and oxygen atoms in total. The number of rotatable bonds is 3. The Morgan fingerprint density at radius 3 is 2.67 bits per heavy atom. The molecule has 0 aliphatic rings. The molecule has 0 amide bonds. The van der Waals surface area contributed by atoms with Gasteiger partial charge in [0.1, 0.15) is 12.1 Å². The lowest BCUT2D eigenvalue weighted by Crippen LogP contribution is -2.09. The molecule has 0 radical (unpaired) electrons. The molecule has 0 unspecified atom stereocenters. The third-order valence-corrected chi connectivity index (χ3v) is 3.49. The van der Waals surface area contributed by atoms with Crippen molar-refractivity contribution in [2.24, 2.45) is 0 Å². The molecule has 2 N–H and O–H groups in total. The fourth-order valence-electron chi connectivity index (χ4n) is 1.35. The lowest BCUT2D eigenvalue weighted by molar-refractivity contribution is 0.383. The van der Waals surface area contributed by atoms with Gasteiger partial charge in [-0.1, -0.05) is 32.5 Å². The number of hydrogen-bond donors (Lipinski definition) is 1. The Morgan fingerprint density at radius 1 is 1.44 bits per heavy atom. The van der Waals surface area contributed by atoms with Gasteiger partial charge in [0.15, 0.2) is 0 Å². The number of nitrogens with zero attached hydrogens (tertiary/aromatic N) is 4. The van der Waals surface area contributed by atoms with Crippen molar-refractivity contribution in [1.82, 2.24) is 19.9 Å². The van der Waals surface area contributed by atoms with Gasteiger partial charge in [-0.25, -0.2) is 9.66 Å². The first kappa shape index (κ1) is 12.9. The van der Waals surface area contributed by atoms with Gasteiger partial charge in [0.05, 0.1) is 11.4 Å². The number of thioether (sulfide) groups is 1. The van der Waals surface area contributed by atoms with Crippen LogP contribution in [-0.2, 0) is 5.41 Å². The molecule has 0 aliphatic heterocycles. The predicted octanol–water partition coefficient (Wildman–Crippen LogP) is 2.13. The minimum Gasteiger partial charge on any atom is -0.444 e. The van der Waals surface area contributed by atoms with Crippen LogP contribution in [0.2, 0.25) is 0 Å². The van der Waals surface area contributed by atoms with Crippen LogP contribution >= 0.6 is 11.8 Å². The summed E-state index contributed by atoms with van der Waals surface area (Å²) in [6.07, 6.45) is 3.24. The predicted molar refractivity (Wildman–Crippen MR) is 69.6 cm³/mol. The molecule has 98 valence electrons. The highest BCUT2D eigenvalue weighted by molar-refractivity contribution is 7.99. The second kappa shape index (κ2) is 4.64. The summed E-state index contributed by atoms with van der Waals surface area (Å²) in [6.45, 7) is 8.26. The molecular weight excluding hydrogens is 250 g/mol. The van der Waals surface area contributed by atoms with Crippen LogP contribution in [0.5, 0.6) is 0 Å². The highest BCUT2D eigenvalue weighted by Gasteiger charge is 2.22. The number of nitrogen functional groups attached to an aromatic ring is 1. The molecule has 2 heterocycles. The molecule has 0 fully saturated rings. The molecule has 18 heavy (non-hydrogen) atoms. The summed E-state index contributed by atoms with van der Waals surface area (Å²) >= 11 is 1.46. The van der Waals surface area contributed by atoms with Crippen molar-refractivity contribution in [3.8, 4) is 0 Å². The molecule has 2 aromatic rings. The minimum absolute atomic E-state index is 0.0348. The van der Waals surface area contributed by atoms with Crippen molar-refractivity contribution in [2.45, 2.75) is 43.5 Å². The van der Waals surface area contributed by atoms with E-state index in [0.29, 0.717) is 11.0 Å². The highest BCUT2D eigenvalue weighted by atomic mass is 32.2. The molecule has 7 heteroatoms. The fourth-order valence-corrected chi connectivity index (χ4v) is 2.14. The number of aromatic nitrogens is 4. The van der Waals surface area contributed by atoms with E-state index in [0.717, 1.165) is 5.76 Å². The maximum Gasteiger partial charge on any atom is 0.210 e. The Bertz CT molecular complexity index is 528. The molecule has 1 atom stereocenters. The summed E-state index contributed by atoms with van der Waals surface area (Å²) in [6, 6.07) is 0. The van der Waals surface area contributed by atoms with E-state index in [1.807, 2.05) is 6.92 Å². The number of hydrogen-bond acceptors (Lipinski definition) is 6. The van der Waals surface area contributed by atoms with Gasteiger partial charge in [0.2, 0.25) is 11.0 Å². The van der Waals surface area contributed by atoms with Gasteiger partial charge in [-0.3, -0.25) is 0 Å². The molecule has 0 spiro atoms. The van der Waals surface area contributed by atoms with Crippen LogP contribution in [0.3, 0.4) is 0 Å². The summed E-state index contributed by atoms with van der Waals surface area (Å²) in [5.41, 5.74) is -0.0382. The van der Waals surface area contributed by atoms with E-state index in [9.17, 15) is 0 Å². The van der Waals surface area contributed by atoms with Gasteiger partial charge >= 0.3 is 0 Å². The van der Waals surface area contributed by atoms with Gasteiger partial charge in [-0.05, 0) is 6.92 Å². The third kappa shape index (κ3) is 2.66. The Morgan fingerprint density at radius 2 is 2.17 bits per heavy atom. The molecule has 2 aromatic heterocycles. The maximum absolute atomic E-state index is 5.77. The summed E-state index contributed by atoms with van der Waals surface area (Å²) < 4.78 is 7.15. The zero-order valence-electron chi connectivity index (χ0n) is 10.9. The molecule has 0 saturated heterocycles. The standard InChI is InChI=1S/C11H17N5OS/c1-7(18-10-15-14-6-16(10)12)9-13-5-8(17-9)11(2,3)4/h5-7H,12H2,1-4H3/t7-/m1/s1. The van der Waals surface area contributed by atoms with Crippen molar-refractivity contribution in [1.29, 1.82) is 0 Å². The Kier molecular flexibility index (Phi) is 3.34. The second-order valence-corrected chi connectivity index (χ2v) is 6.40.